The Hall–Kier alpha value is -0.0800. The predicted octanol–water partition coefficient (Wildman–Crippen LogP) is 8.28. The molecule has 1 unspecified atom stereocenters. The van der Waals surface area contributed by atoms with Gasteiger partial charge in [-0.25, -0.2) is 0 Å². The average Bonchev–Trinajstić information content (AvgIpc) is 2.63. The van der Waals surface area contributed by atoms with Gasteiger partial charge in [-0.15, -0.1) is 0 Å². The van der Waals surface area contributed by atoms with E-state index in [0.29, 0.717) is 0 Å². The van der Waals surface area contributed by atoms with E-state index in [1.807, 2.05) is 0 Å². The summed E-state index contributed by atoms with van der Waals surface area (Å²) in [5.41, 5.74) is 2.21. The van der Waals surface area contributed by atoms with Gasteiger partial charge in [-0.2, -0.15) is 0 Å². The lowest BCUT2D eigenvalue weighted by Crippen LogP contribution is -2.22. The molecule has 0 saturated carbocycles. The summed E-state index contributed by atoms with van der Waals surface area (Å²) in [6, 6.07) is 0.210. The van der Waals surface area contributed by atoms with Crippen molar-refractivity contribution in [1.82, 2.24) is 5.48 Å². The Bertz CT molecular complexity index is 232. The fourth-order valence-electron chi connectivity index (χ4n) is 3.73. The van der Waals surface area contributed by atoms with Crippen LogP contribution in [0, 0.1) is 5.21 Å². The van der Waals surface area contributed by atoms with Crippen molar-refractivity contribution < 1.29 is 0 Å². The predicted molar refractivity (Wildman–Crippen MR) is 114 cm³/mol. The van der Waals surface area contributed by atoms with Crippen LogP contribution >= 0.6 is 0 Å². The first-order valence-electron chi connectivity index (χ1n) is 11.7. The summed E-state index contributed by atoms with van der Waals surface area (Å²) in [7, 11) is 0. The van der Waals surface area contributed by atoms with Crippen LogP contribution < -0.4 is 5.48 Å². The Balaban J connectivity index is 3.07. The maximum atomic E-state index is 10.8. The average molecular weight is 355 g/mol. The Kier molecular flexibility index (Phi) is 21.9. The molecule has 0 aliphatic rings. The van der Waals surface area contributed by atoms with Crippen LogP contribution in [0.15, 0.2) is 0 Å². The second kappa shape index (κ2) is 22.0. The van der Waals surface area contributed by atoms with Gasteiger partial charge in [0.15, 0.2) is 0 Å². The van der Waals surface area contributed by atoms with E-state index in [1.54, 1.807) is 0 Å². The normalized spacial score (nSPS) is 12.6. The van der Waals surface area contributed by atoms with E-state index in [0.717, 1.165) is 19.3 Å². The zero-order chi connectivity index (χ0) is 18.4. The second-order valence-corrected chi connectivity index (χ2v) is 8.05. The number of hydrogen-bond acceptors (Lipinski definition) is 2. The third-order valence-corrected chi connectivity index (χ3v) is 5.46. The summed E-state index contributed by atoms with van der Waals surface area (Å²) in [4.78, 5) is 0. The summed E-state index contributed by atoms with van der Waals surface area (Å²) < 4.78 is 0. The second-order valence-electron chi connectivity index (χ2n) is 8.05. The number of hydroxylamine groups is 1. The minimum absolute atomic E-state index is 0.210. The van der Waals surface area contributed by atoms with Gasteiger partial charge in [0.2, 0.25) is 0 Å². The third kappa shape index (κ3) is 20.1. The van der Waals surface area contributed by atoms with Crippen molar-refractivity contribution in [1.29, 1.82) is 0 Å². The molecule has 0 saturated heterocycles. The van der Waals surface area contributed by atoms with Crippen LogP contribution in [0.25, 0.3) is 0 Å². The SMILES string of the molecule is CCCCCCCCCCCCCCCCCCCC(CCC)N[O-]. The lowest BCUT2D eigenvalue weighted by atomic mass is 10.0. The van der Waals surface area contributed by atoms with Gasteiger partial charge in [-0.05, 0) is 18.9 Å². The molecule has 1 N–H and O–H groups in total. The van der Waals surface area contributed by atoms with Gasteiger partial charge in [0.25, 0.3) is 0 Å². The molecule has 152 valence electrons. The van der Waals surface area contributed by atoms with Crippen LogP contribution in [0.2, 0.25) is 0 Å². The van der Waals surface area contributed by atoms with Crippen molar-refractivity contribution in [2.24, 2.45) is 0 Å². The Labute approximate surface area is 159 Å². The van der Waals surface area contributed by atoms with Gasteiger partial charge in [-0.3, -0.25) is 0 Å². The molecule has 1 atom stereocenters. The first kappa shape index (κ1) is 24.9. The highest BCUT2D eigenvalue weighted by molar-refractivity contribution is 4.66. The van der Waals surface area contributed by atoms with Gasteiger partial charge in [0, 0.05) is 0 Å². The van der Waals surface area contributed by atoms with Crippen molar-refractivity contribution in [3.05, 3.63) is 5.21 Å². The van der Waals surface area contributed by atoms with Crippen LogP contribution in [0.1, 0.15) is 142 Å². The molecule has 2 heteroatoms. The molecule has 0 heterocycles. The molecular weight excluding hydrogens is 306 g/mol. The van der Waals surface area contributed by atoms with Crippen molar-refractivity contribution in [3.63, 3.8) is 0 Å². The van der Waals surface area contributed by atoms with Crippen molar-refractivity contribution in [2.75, 3.05) is 0 Å². The molecule has 0 fully saturated rings. The third-order valence-electron chi connectivity index (χ3n) is 5.46. The molecule has 2 nitrogen and oxygen atoms in total. The van der Waals surface area contributed by atoms with Gasteiger partial charge >= 0.3 is 0 Å². The molecule has 0 radical (unpaired) electrons. The topological polar surface area (TPSA) is 35.1 Å². The lowest BCUT2D eigenvalue weighted by Gasteiger charge is -2.21. The van der Waals surface area contributed by atoms with E-state index in [-0.39, 0.29) is 6.04 Å². The van der Waals surface area contributed by atoms with Crippen LogP contribution in [0.5, 0.6) is 0 Å². The summed E-state index contributed by atoms with van der Waals surface area (Å²) in [6.45, 7) is 4.44. The summed E-state index contributed by atoms with van der Waals surface area (Å²) >= 11 is 0. The summed E-state index contributed by atoms with van der Waals surface area (Å²) in [5.74, 6) is 0. The quantitative estimate of drug-likeness (QED) is 0.166. The first-order chi connectivity index (χ1) is 12.3. The molecular formula is C23H48NO-. The monoisotopic (exact) mass is 354 g/mol. The van der Waals surface area contributed by atoms with E-state index in [2.05, 4.69) is 19.3 Å². The van der Waals surface area contributed by atoms with Gasteiger partial charge < -0.3 is 10.7 Å². The van der Waals surface area contributed by atoms with Gasteiger partial charge in [0.05, 0.1) is 0 Å². The molecule has 0 aromatic rings. The lowest BCUT2D eigenvalue weighted by molar-refractivity contribution is 0.464. The standard InChI is InChI=1S/C23H48NO/c1-3-5-6-7-8-9-10-11-12-13-14-15-16-17-18-19-20-22-23(24-25)21-4-2/h23-24H,3-22H2,1-2H3/q-1. The van der Waals surface area contributed by atoms with Crippen molar-refractivity contribution >= 4 is 0 Å². The van der Waals surface area contributed by atoms with E-state index in [1.165, 1.54) is 109 Å². The molecule has 0 aliphatic heterocycles. The highest BCUT2D eigenvalue weighted by atomic mass is 16.5. The van der Waals surface area contributed by atoms with E-state index in [9.17, 15) is 5.21 Å². The molecule has 0 rings (SSSR count). The molecule has 0 aromatic carbocycles. The maximum Gasteiger partial charge on any atom is -0.00511 e. The smallest absolute Gasteiger partial charge is 0.00511 e. The molecule has 25 heavy (non-hydrogen) atoms. The zero-order valence-corrected chi connectivity index (χ0v) is 17.6. The minimum atomic E-state index is 0.210. The Morgan fingerprint density at radius 3 is 1.16 bits per heavy atom. The number of rotatable bonds is 21. The van der Waals surface area contributed by atoms with Crippen molar-refractivity contribution in [2.45, 2.75) is 148 Å². The van der Waals surface area contributed by atoms with Crippen LogP contribution in [-0.4, -0.2) is 6.04 Å². The van der Waals surface area contributed by atoms with Gasteiger partial charge in [0.1, 0.15) is 0 Å². The minimum Gasteiger partial charge on any atom is -0.788 e. The number of nitrogens with one attached hydrogen (secondary N) is 1. The van der Waals surface area contributed by atoms with Crippen LogP contribution in [-0.2, 0) is 0 Å². The highest BCUT2D eigenvalue weighted by Crippen LogP contribution is 2.15. The Morgan fingerprint density at radius 1 is 0.480 bits per heavy atom. The number of unbranched alkanes of at least 4 members (excludes halogenated alkanes) is 16. The fourth-order valence-corrected chi connectivity index (χ4v) is 3.73. The van der Waals surface area contributed by atoms with E-state index in [4.69, 9.17) is 0 Å². The van der Waals surface area contributed by atoms with Gasteiger partial charge in [-0.1, -0.05) is 129 Å². The van der Waals surface area contributed by atoms with Crippen molar-refractivity contribution in [3.8, 4) is 0 Å². The van der Waals surface area contributed by atoms with E-state index < -0.39 is 0 Å². The Morgan fingerprint density at radius 2 is 0.840 bits per heavy atom. The fraction of sp³-hybridized carbons (Fsp3) is 1.00. The molecule has 0 bridgehead atoms. The molecule has 0 spiro atoms. The number of hydrogen-bond donors (Lipinski definition) is 1. The van der Waals surface area contributed by atoms with Crippen LogP contribution in [0.4, 0.5) is 0 Å². The zero-order valence-electron chi connectivity index (χ0n) is 17.6. The molecule has 0 amide bonds. The largest absolute Gasteiger partial charge is 0.788 e. The molecule has 0 aliphatic carbocycles. The highest BCUT2D eigenvalue weighted by Gasteiger charge is 2.01. The first-order valence-corrected chi connectivity index (χ1v) is 11.7. The molecule has 0 aromatic heterocycles. The summed E-state index contributed by atoms with van der Waals surface area (Å²) in [5, 5.41) is 10.8. The van der Waals surface area contributed by atoms with E-state index >= 15 is 0 Å². The maximum absolute atomic E-state index is 10.8. The summed E-state index contributed by atoms with van der Waals surface area (Å²) in [6.07, 6.45) is 27.2. The van der Waals surface area contributed by atoms with Crippen LogP contribution in [0.3, 0.4) is 0 Å².